The molecule has 2 aromatic carbocycles. The topological polar surface area (TPSA) is 75.1 Å². The number of nitrogens with zero attached hydrogens (tertiary/aromatic N) is 3. The summed E-state index contributed by atoms with van der Waals surface area (Å²) in [6.45, 7) is 3.49. The Morgan fingerprint density at radius 1 is 1.27 bits per heavy atom. The minimum Gasteiger partial charge on any atom is -0.465 e. The summed E-state index contributed by atoms with van der Waals surface area (Å²) in [6, 6.07) is 5.99. The number of ether oxygens (including phenoxy) is 1. The van der Waals surface area contributed by atoms with Crippen molar-refractivity contribution in [2.75, 3.05) is 7.11 Å². The molecule has 0 radical (unpaired) electrons. The van der Waals surface area contributed by atoms with Gasteiger partial charge in [-0.2, -0.15) is 0 Å². The van der Waals surface area contributed by atoms with Crippen LogP contribution in [0.2, 0.25) is 15.1 Å². The predicted octanol–water partition coefficient (Wildman–Crippen LogP) is 7.07. The summed E-state index contributed by atoms with van der Waals surface area (Å²) in [5.74, 6) is -1.78. The van der Waals surface area contributed by atoms with Crippen molar-refractivity contribution in [1.82, 2.24) is 0 Å². The van der Waals surface area contributed by atoms with Gasteiger partial charge >= 0.3 is 5.97 Å². The smallest absolute Gasteiger partial charge is 0.337 e. The van der Waals surface area contributed by atoms with Gasteiger partial charge in [-0.1, -0.05) is 58.3 Å². The maximum atomic E-state index is 14.8. The third-order valence-electron chi connectivity index (χ3n) is 3.16. The standard InChI is InChI=1S/C16H9Cl3FN3O2S/c1-7(16(24)25-2)9-6-12(19)15(14(13(9)20)22-23-21)26-8-3-4-10(17)11(18)5-8/h3-6H,1H2,2H3. The zero-order valence-corrected chi connectivity index (χ0v) is 16.2. The molecule has 10 heteroatoms. The van der Waals surface area contributed by atoms with E-state index in [1.807, 2.05) is 0 Å². The molecule has 0 unspecified atom stereocenters. The minimum absolute atomic E-state index is 0.0601. The summed E-state index contributed by atoms with van der Waals surface area (Å²) in [4.78, 5) is 15.0. The molecule has 0 fully saturated rings. The lowest BCUT2D eigenvalue weighted by atomic mass is 10.1. The largest absolute Gasteiger partial charge is 0.465 e. The molecule has 0 saturated carbocycles. The Morgan fingerprint density at radius 2 is 1.96 bits per heavy atom. The van der Waals surface area contributed by atoms with Crippen LogP contribution in [0, 0.1) is 5.82 Å². The van der Waals surface area contributed by atoms with Gasteiger partial charge in [-0.05, 0) is 29.8 Å². The molecule has 0 heterocycles. The molecule has 0 N–H and O–H groups in total. The Hall–Kier alpha value is -1.89. The van der Waals surface area contributed by atoms with E-state index in [0.717, 1.165) is 18.9 Å². The number of azide groups is 1. The maximum Gasteiger partial charge on any atom is 0.337 e. The fourth-order valence-electron chi connectivity index (χ4n) is 1.94. The van der Waals surface area contributed by atoms with E-state index in [0.29, 0.717) is 14.9 Å². The molecule has 0 aromatic heterocycles. The van der Waals surface area contributed by atoms with Gasteiger partial charge in [-0.3, -0.25) is 0 Å². The number of halogens is 4. The van der Waals surface area contributed by atoms with E-state index in [9.17, 15) is 9.18 Å². The van der Waals surface area contributed by atoms with E-state index < -0.39 is 11.8 Å². The first-order chi connectivity index (χ1) is 12.3. The summed E-state index contributed by atoms with van der Waals surface area (Å²) in [5.41, 5.74) is 7.94. The molecule has 0 aliphatic rings. The summed E-state index contributed by atoms with van der Waals surface area (Å²) in [5, 5.41) is 4.09. The lowest BCUT2D eigenvalue weighted by Crippen LogP contribution is -2.05. The van der Waals surface area contributed by atoms with E-state index in [4.69, 9.17) is 40.3 Å². The Labute approximate surface area is 167 Å². The molecule has 26 heavy (non-hydrogen) atoms. The summed E-state index contributed by atoms with van der Waals surface area (Å²) in [6.07, 6.45) is 0. The second kappa shape index (κ2) is 8.66. The molecule has 0 aliphatic carbocycles. The van der Waals surface area contributed by atoms with Crippen molar-refractivity contribution >= 4 is 63.8 Å². The average Bonchev–Trinajstić information content (AvgIpc) is 2.62. The fourth-order valence-corrected chi connectivity index (χ4v) is 3.55. The highest BCUT2D eigenvalue weighted by molar-refractivity contribution is 7.99. The first-order valence-corrected chi connectivity index (χ1v) is 8.72. The summed E-state index contributed by atoms with van der Waals surface area (Å²) >= 11 is 19.1. The minimum atomic E-state index is -0.940. The molecule has 0 saturated heterocycles. The fraction of sp³-hybridized carbons (Fsp3) is 0.0625. The zero-order valence-electron chi connectivity index (χ0n) is 13.1. The number of hydrogen-bond acceptors (Lipinski definition) is 4. The monoisotopic (exact) mass is 431 g/mol. The van der Waals surface area contributed by atoms with Crippen LogP contribution in [0.3, 0.4) is 0 Å². The zero-order chi connectivity index (χ0) is 19.4. The van der Waals surface area contributed by atoms with Crippen molar-refractivity contribution in [1.29, 1.82) is 0 Å². The van der Waals surface area contributed by atoms with Gasteiger partial charge in [0.2, 0.25) is 0 Å². The van der Waals surface area contributed by atoms with Crippen LogP contribution in [0.15, 0.2) is 45.7 Å². The number of esters is 1. The van der Waals surface area contributed by atoms with Gasteiger partial charge in [0.25, 0.3) is 0 Å². The summed E-state index contributed by atoms with van der Waals surface area (Å²) in [7, 11) is 1.13. The van der Waals surface area contributed by atoms with Gasteiger partial charge in [0.1, 0.15) is 5.82 Å². The van der Waals surface area contributed by atoms with Gasteiger partial charge in [0.05, 0.1) is 33.4 Å². The van der Waals surface area contributed by atoms with Crippen LogP contribution in [0.4, 0.5) is 10.1 Å². The van der Waals surface area contributed by atoms with Crippen LogP contribution in [0.5, 0.6) is 0 Å². The highest BCUT2D eigenvalue weighted by Gasteiger charge is 2.22. The third kappa shape index (κ3) is 4.26. The highest BCUT2D eigenvalue weighted by atomic mass is 35.5. The molecule has 134 valence electrons. The molecule has 0 amide bonds. The quantitative estimate of drug-likeness (QED) is 0.167. The predicted molar refractivity (Wildman–Crippen MR) is 102 cm³/mol. The average molecular weight is 433 g/mol. The Morgan fingerprint density at radius 3 is 2.54 bits per heavy atom. The first-order valence-electron chi connectivity index (χ1n) is 6.77. The normalized spacial score (nSPS) is 10.2. The van der Waals surface area contributed by atoms with Crippen LogP contribution in [-0.4, -0.2) is 13.1 Å². The second-order valence-electron chi connectivity index (χ2n) is 4.74. The van der Waals surface area contributed by atoms with Crippen LogP contribution < -0.4 is 0 Å². The van der Waals surface area contributed by atoms with E-state index in [2.05, 4.69) is 21.3 Å². The van der Waals surface area contributed by atoms with Crippen molar-refractivity contribution in [2.24, 2.45) is 5.11 Å². The van der Waals surface area contributed by atoms with E-state index in [-0.39, 0.29) is 26.7 Å². The van der Waals surface area contributed by atoms with Crippen molar-refractivity contribution in [2.45, 2.75) is 9.79 Å². The SMILES string of the molecule is C=C(C(=O)OC)c1cc(Cl)c(Sc2ccc(Cl)c(Cl)c2)c(N=[N+]=[N-])c1F. The molecule has 0 bridgehead atoms. The molecular weight excluding hydrogens is 424 g/mol. The third-order valence-corrected chi connectivity index (χ3v) is 5.42. The molecule has 5 nitrogen and oxygen atoms in total. The number of methoxy groups -OCH3 is 1. The molecule has 2 rings (SSSR count). The number of rotatable bonds is 5. The van der Waals surface area contributed by atoms with E-state index in [1.165, 1.54) is 6.07 Å². The van der Waals surface area contributed by atoms with Crippen molar-refractivity contribution in [3.63, 3.8) is 0 Å². The van der Waals surface area contributed by atoms with Crippen molar-refractivity contribution in [3.05, 3.63) is 67.7 Å². The number of carbonyl (C=O) groups excluding carboxylic acids is 1. The lowest BCUT2D eigenvalue weighted by Gasteiger charge is -2.13. The molecule has 0 atom stereocenters. The van der Waals surface area contributed by atoms with E-state index >= 15 is 0 Å². The van der Waals surface area contributed by atoms with Gasteiger partial charge in [0, 0.05) is 20.3 Å². The lowest BCUT2D eigenvalue weighted by molar-refractivity contribution is -0.133. The van der Waals surface area contributed by atoms with Crippen LogP contribution in [-0.2, 0) is 9.53 Å². The molecular formula is C16H9Cl3FN3O2S. The first kappa shape index (κ1) is 20.4. The molecule has 0 spiro atoms. The summed E-state index contributed by atoms with van der Waals surface area (Å²) < 4.78 is 19.4. The molecule has 2 aromatic rings. The molecule has 0 aliphatic heterocycles. The van der Waals surface area contributed by atoms with Crippen LogP contribution >= 0.6 is 46.6 Å². The van der Waals surface area contributed by atoms with Crippen molar-refractivity contribution in [3.8, 4) is 0 Å². The van der Waals surface area contributed by atoms with Crippen LogP contribution in [0.25, 0.3) is 16.0 Å². The Bertz CT molecular complexity index is 962. The van der Waals surface area contributed by atoms with E-state index in [1.54, 1.807) is 18.2 Å². The van der Waals surface area contributed by atoms with Gasteiger partial charge < -0.3 is 4.74 Å². The number of carbonyl (C=O) groups is 1. The van der Waals surface area contributed by atoms with Crippen molar-refractivity contribution < 1.29 is 13.9 Å². The van der Waals surface area contributed by atoms with Gasteiger partial charge in [-0.15, -0.1) is 0 Å². The Balaban J connectivity index is 2.61. The number of benzene rings is 2. The second-order valence-corrected chi connectivity index (χ2v) is 7.04. The highest BCUT2D eigenvalue weighted by Crippen LogP contribution is 2.45. The van der Waals surface area contributed by atoms with Gasteiger partial charge in [0.15, 0.2) is 0 Å². The van der Waals surface area contributed by atoms with Gasteiger partial charge in [-0.25, -0.2) is 9.18 Å². The Kier molecular flexibility index (Phi) is 6.81. The number of hydrogen-bond donors (Lipinski definition) is 0. The maximum absolute atomic E-state index is 14.8. The van der Waals surface area contributed by atoms with Crippen LogP contribution in [0.1, 0.15) is 5.56 Å².